The van der Waals surface area contributed by atoms with Gasteiger partial charge in [0.2, 0.25) is 0 Å². The van der Waals surface area contributed by atoms with Gasteiger partial charge in [0, 0.05) is 39.3 Å². The number of piperazine rings is 1. The first-order valence-corrected chi connectivity index (χ1v) is 6.85. The lowest BCUT2D eigenvalue weighted by atomic mass is 10.3. The second-order valence-corrected chi connectivity index (χ2v) is 5.15. The zero-order valence-electron chi connectivity index (χ0n) is 11.1. The molecule has 6 heteroatoms. The number of aromatic nitrogens is 1. The van der Waals surface area contributed by atoms with Crippen molar-refractivity contribution >= 4 is 17.6 Å². The second kappa shape index (κ2) is 6.41. The summed E-state index contributed by atoms with van der Waals surface area (Å²) in [5.74, 6) is 0.409. The highest BCUT2D eigenvalue weighted by Crippen LogP contribution is 2.16. The molecule has 1 aromatic rings. The Bertz CT molecular complexity index is 361. The minimum atomic E-state index is 0.409. The van der Waals surface area contributed by atoms with E-state index < -0.39 is 0 Å². The Morgan fingerprint density at radius 1 is 1.33 bits per heavy atom. The maximum absolute atomic E-state index is 5.72. The zero-order chi connectivity index (χ0) is 13.0. The molecule has 0 aromatic carbocycles. The summed E-state index contributed by atoms with van der Waals surface area (Å²) in [4.78, 5) is 11.2. The highest BCUT2D eigenvalue weighted by molar-refractivity contribution is 6.16. The molecule has 0 atom stereocenters. The van der Waals surface area contributed by atoms with E-state index in [2.05, 4.69) is 33.8 Å². The number of halogens is 1. The van der Waals surface area contributed by atoms with Gasteiger partial charge in [0.05, 0.1) is 11.6 Å². The van der Waals surface area contributed by atoms with Crippen molar-refractivity contribution in [1.29, 1.82) is 0 Å². The van der Waals surface area contributed by atoms with Gasteiger partial charge in [-0.1, -0.05) is 0 Å². The number of likely N-dealkylation sites (N-methyl/N-ethyl adjacent to an activating group) is 1. The number of anilines is 1. The summed E-state index contributed by atoms with van der Waals surface area (Å²) in [5.41, 5.74) is 0.807. The third kappa shape index (κ3) is 3.60. The van der Waals surface area contributed by atoms with E-state index in [1.54, 1.807) is 6.26 Å². The molecule has 0 amide bonds. The van der Waals surface area contributed by atoms with E-state index >= 15 is 0 Å². The quantitative estimate of drug-likeness (QED) is 0.750. The van der Waals surface area contributed by atoms with Crippen molar-refractivity contribution in [2.45, 2.75) is 5.88 Å². The molecule has 1 aliphatic heterocycles. The molecule has 0 N–H and O–H groups in total. The molecule has 5 nitrogen and oxygen atoms in total. The maximum Gasteiger partial charge on any atom is 0.297 e. The highest BCUT2D eigenvalue weighted by Gasteiger charge is 2.20. The van der Waals surface area contributed by atoms with Crippen LogP contribution in [-0.2, 0) is 5.88 Å². The normalized spacial score (nSPS) is 17.7. The molecule has 0 radical (unpaired) electrons. The molecule has 2 rings (SSSR count). The minimum Gasteiger partial charge on any atom is -0.432 e. The van der Waals surface area contributed by atoms with Gasteiger partial charge in [-0.2, -0.15) is 4.98 Å². The lowest BCUT2D eigenvalue weighted by Gasteiger charge is -2.34. The van der Waals surface area contributed by atoms with E-state index in [0.717, 1.165) is 45.0 Å². The average Bonchev–Trinajstić information content (AvgIpc) is 2.85. The van der Waals surface area contributed by atoms with Crippen LogP contribution in [0.2, 0.25) is 0 Å². The van der Waals surface area contributed by atoms with Gasteiger partial charge in [-0.3, -0.25) is 4.90 Å². The maximum atomic E-state index is 5.72. The molecule has 0 saturated carbocycles. The molecule has 1 saturated heterocycles. The van der Waals surface area contributed by atoms with Crippen LogP contribution in [0.3, 0.4) is 0 Å². The van der Waals surface area contributed by atoms with Crippen LogP contribution < -0.4 is 4.90 Å². The molecule has 102 valence electrons. The number of oxazole rings is 1. The SMILES string of the molecule is CN(C)CCN1CCN(c2nc(CCl)co2)CC1. The molecule has 2 heterocycles. The zero-order valence-corrected chi connectivity index (χ0v) is 11.9. The molecule has 0 bridgehead atoms. The van der Waals surface area contributed by atoms with Gasteiger partial charge in [-0.15, -0.1) is 11.6 Å². The Morgan fingerprint density at radius 3 is 2.61 bits per heavy atom. The monoisotopic (exact) mass is 272 g/mol. The molecule has 1 aromatic heterocycles. The molecule has 0 aliphatic carbocycles. The van der Waals surface area contributed by atoms with Crippen LogP contribution in [0.1, 0.15) is 5.69 Å². The Morgan fingerprint density at radius 2 is 2.06 bits per heavy atom. The second-order valence-electron chi connectivity index (χ2n) is 4.89. The number of hydrogen-bond donors (Lipinski definition) is 0. The third-order valence-corrected chi connectivity index (χ3v) is 3.46. The predicted molar refractivity (Wildman–Crippen MR) is 73.3 cm³/mol. The first kappa shape index (κ1) is 13.6. The van der Waals surface area contributed by atoms with E-state index in [0.29, 0.717) is 11.9 Å². The van der Waals surface area contributed by atoms with Gasteiger partial charge in [-0.25, -0.2) is 0 Å². The van der Waals surface area contributed by atoms with E-state index in [-0.39, 0.29) is 0 Å². The van der Waals surface area contributed by atoms with Crippen LogP contribution in [0, 0.1) is 0 Å². The molecule has 18 heavy (non-hydrogen) atoms. The van der Waals surface area contributed by atoms with E-state index in [9.17, 15) is 0 Å². The fourth-order valence-corrected chi connectivity index (χ4v) is 2.13. The smallest absolute Gasteiger partial charge is 0.297 e. The Hall–Kier alpha value is -0.780. The molecule has 0 spiro atoms. The van der Waals surface area contributed by atoms with Crippen LogP contribution in [-0.4, -0.2) is 68.1 Å². The summed E-state index contributed by atoms with van der Waals surface area (Å²) < 4.78 is 5.43. The average molecular weight is 273 g/mol. The fraction of sp³-hybridized carbons (Fsp3) is 0.750. The minimum absolute atomic E-state index is 0.409. The fourth-order valence-electron chi connectivity index (χ4n) is 2.01. The summed E-state index contributed by atoms with van der Waals surface area (Å²) in [5, 5.41) is 0. The summed E-state index contributed by atoms with van der Waals surface area (Å²) in [7, 11) is 4.22. The Labute approximate surface area is 113 Å². The number of alkyl halides is 1. The van der Waals surface area contributed by atoms with E-state index in [1.807, 2.05) is 0 Å². The number of hydrogen-bond acceptors (Lipinski definition) is 5. The van der Waals surface area contributed by atoms with Crippen molar-refractivity contribution in [3.05, 3.63) is 12.0 Å². The number of nitrogens with zero attached hydrogens (tertiary/aromatic N) is 4. The van der Waals surface area contributed by atoms with Crippen LogP contribution in [0.15, 0.2) is 10.7 Å². The lowest BCUT2D eigenvalue weighted by molar-refractivity contribution is 0.226. The van der Waals surface area contributed by atoms with E-state index in [1.165, 1.54) is 0 Å². The highest BCUT2D eigenvalue weighted by atomic mass is 35.5. The Kier molecular flexibility index (Phi) is 4.86. The molecular weight excluding hydrogens is 252 g/mol. The van der Waals surface area contributed by atoms with Crippen molar-refractivity contribution < 1.29 is 4.42 Å². The first-order chi connectivity index (χ1) is 8.69. The van der Waals surface area contributed by atoms with Gasteiger partial charge >= 0.3 is 0 Å². The first-order valence-electron chi connectivity index (χ1n) is 6.31. The van der Waals surface area contributed by atoms with Crippen LogP contribution in [0.5, 0.6) is 0 Å². The van der Waals surface area contributed by atoms with Crippen molar-refractivity contribution in [2.75, 3.05) is 58.3 Å². The van der Waals surface area contributed by atoms with Gasteiger partial charge in [-0.05, 0) is 14.1 Å². The van der Waals surface area contributed by atoms with Gasteiger partial charge < -0.3 is 14.2 Å². The molecule has 1 fully saturated rings. The largest absolute Gasteiger partial charge is 0.432 e. The van der Waals surface area contributed by atoms with Gasteiger partial charge in [0.1, 0.15) is 6.26 Å². The van der Waals surface area contributed by atoms with Crippen molar-refractivity contribution in [3.63, 3.8) is 0 Å². The predicted octanol–water partition coefficient (Wildman–Crippen LogP) is 1.10. The van der Waals surface area contributed by atoms with Crippen LogP contribution in [0.25, 0.3) is 0 Å². The van der Waals surface area contributed by atoms with Gasteiger partial charge in [0.25, 0.3) is 6.01 Å². The third-order valence-electron chi connectivity index (χ3n) is 3.18. The van der Waals surface area contributed by atoms with Gasteiger partial charge in [0.15, 0.2) is 0 Å². The van der Waals surface area contributed by atoms with Crippen molar-refractivity contribution in [1.82, 2.24) is 14.8 Å². The summed E-state index contributed by atoms with van der Waals surface area (Å²) in [6.07, 6.45) is 1.64. The Balaban J connectivity index is 1.79. The molecule has 1 aliphatic rings. The summed E-state index contributed by atoms with van der Waals surface area (Å²) in [6, 6.07) is 0.706. The molecular formula is C12H21ClN4O. The lowest BCUT2D eigenvalue weighted by Crippen LogP contribution is -2.48. The molecule has 0 unspecified atom stereocenters. The number of rotatable bonds is 5. The van der Waals surface area contributed by atoms with Crippen molar-refractivity contribution in [3.8, 4) is 0 Å². The standard InChI is InChI=1S/C12H21ClN4O/c1-15(2)3-4-16-5-7-17(8-6-16)12-14-11(9-13)10-18-12/h10H,3-9H2,1-2H3. The van der Waals surface area contributed by atoms with Crippen LogP contribution in [0.4, 0.5) is 6.01 Å². The summed E-state index contributed by atoms with van der Waals surface area (Å²) >= 11 is 5.72. The van der Waals surface area contributed by atoms with E-state index in [4.69, 9.17) is 16.0 Å². The van der Waals surface area contributed by atoms with Crippen molar-refractivity contribution in [2.24, 2.45) is 0 Å². The van der Waals surface area contributed by atoms with Crippen LogP contribution >= 0.6 is 11.6 Å². The topological polar surface area (TPSA) is 35.8 Å². The summed E-state index contributed by atoms with van der Waals surface area (Å²) in [6.45, 7) is 6.29.